The Morgan fingerprint density at radius 3 is 2.17 bits per heavy atom. The molecule has 0 amide bonds. The molecule has 0 aromatic heterocycles. The van der Waals surface area contributed by atoms with Crippen LogP contribution in [-0.4, -0.2) is 49.4 Å². The second-order valence-corrected chi connectivity index (χ2v) is 9.24. The van der Waals surface area contributed by atoms with Gasteiger partial charge in [0.2, 0.25) is 5.60 Å². The fourth-order valence-electron chi connectivity index (χ4n) is 5.36. The minimum absolute atomic E-state index is 0.305. The molecule has 1 saturated carbocycles. The van der Waals surface area contributed by atoms with Crippen molar-refractivity contribution < 1.29 is 23.5 Å². The molecule has 29 heavy (non-hydrogen) atoms. The first-order valence-electron chi connectivity index (χ1n) is 10.3. The molecule has 3 unspecified atom stereocenters. The highest BCUT2D eigenvalue weighted by atomic mass is 19.1. The number of likely N-dealkylation sites (tertiary alicyclic amines) is 1. The summed E-state index contributed by atoms with van der Waals surface area (Å²) in [6.45, 7) is 2.52. The van der Waals surface area contributed by atoms with Crippen LogP contribution in [0.2, 0.25) is 0 Å². The van der Waals surface area contributed by atoms with Gasteiger partial charge >= 0.3 is 5.97 Å². The largest absolute Gasteiger partial charge is 0.463 e. The van der Waals surface area contributed by atoms with E-state index in [0.717, 1.165) is 17.6 Å². The number of halogens is 1. The molecular weight excluding hydrogens is 369 g/mol. The summed E-state index contributed by atoms with van der Waals surface area (Å²) in [5, 5.41) is 11.5. The van der Waals surface area contributed by atoms with E-state index in [1.54, 1.807) is 24.3 Å². The molecular formula is C24H29FNO3+. The molecule has 1 heterocycles. The van der Waals surface area contributed by atoms with Crippen molar-refractivity contribution in [2.45, 2.75) is 18.4 Å². The monoisotopic (exact) mass is 398 g/mol. The molecule has 1 N–H and O–H groups in total. The van der Waals surface area contributed by atoms with E-state index < -0.39 is 17.4 Å². The standard InChI is InChI=1S/C24H29FNO3/c1-26(2)14-17-8-9-18(15-26)22(17)16-29-23(27)24(28,19-6-4-3-5-7-19)20-10-12-21(25)13-11-20/h3-7,10-13,17-18,22,28H,8-9,14-16H2,1-2H3/q+1. The summed E-state index contributed by atoms with van der Waals surface area (Å²) in [5.41, 5.74) is -1.24. The number of nitrogens with zero attached hydrogens (tertiary/aromatic N) is 1. The molecule has 1 aliphatic heterocycles. The van der Waals surface area contributed by atoms with Gasteiger partial charge in [-0.2, -0.15) is 0 Å². The van der Waals surface area contributed by atoms with Gasteiger partial charge in [0.05, 0.1) is 33.8 Å². The topological polar surface area (TPSA) is 46.5 Å². The van der Waals surface area contributed by atoms with Crippen molar-refractivity contribution in [1.29, 1.82) is 0 Å². The van der Waals surface area contributed by atoms with Gasteiger partial charge in [0, 0.05) is 17.8 Å². The minimum Gasteiger partial charge on any atom is -0.463 e. The van der Waals surface area contributed by atoms with Crippen LogP contribution in [0.3, 0.4) is 0 Å². The quantitative estimate of drug-likeness (QED) is 0.621. The fourth-order valence-corrected chi connectivity index (χ4v) is 5.36. The minimum atomic E-state index is -1.96. The number of piperidine rings is 1. The number of quaternary nitrogens is 1. The van der Waals surface area contributed by atoms with Crippen LogP contribution in [0.25, 0.3) is 0 Å². The lowest BCUT2D eigenvalue weighted by Crippen LogP contribution is -2.53. The number of rotatable bonds is 5. The molecule has 2 aromatic carbocycles. The van der Waals surface area contributed by atoms with Crippen LogP contribution in [0, 0.1) is 23.6 Å². The molecule has 3 atom stereocenters. The van der Waals surface area contributed by atoms with Crippen molar-refractivity contribution in [2.75, 3.05) is 33.8 Å². The molecule has 2 aromatic rings. The Hall–Kier alpha value is -2.24. The number of fused-ring (bicyclic) bond motifs is 2. The first-order valence-corrected chi connectivity index (χ1v) is 10.3. The highest BCUT2D eigenvalue weighted by Gasteiger charge is 2.48. The lowest BCUT2D eigenvalue weighted by molar-refractivity contribution is -0.902. The van der Waals surface area contributed by atoms with Crippen LogP contribution in [0.1, 0.15) is 24.0 Å². The Balaban J connectivity index is 1.56. The zero-order chi connectivity index (χ0) is 20.6. The Morgan fingerprint density at radius 1 is 1.03 bits per heavy atom. The summed E-state index contributed by atoms with van der Waals surface area (Å²) in [7, 11) is 4.52. The summed E-state index contributed by atoms with van der Waals surface area (Å²) in [4.78, 5) is 13.2. The van der Waals surface area contributed by atoms with E-state index >= 15 is 0 Å². The normalized spacial score (nSPS) is 27.2. The summed E-state index contributed by atoms with van der Waals surface area (Å²) in [5.74, 6) is 0.323. The smallest absolute Gasteiger partial charge is 0.347 e. The SMILES string of the molecule is C[N+]1(C)CC2CCC(C1)C2COC(=O)C(O)(c1ccccc1)c1ccc(F)cc1. The van der Waals surface area contributed by atoms with E-state index in [2.05, 4.69) is 14.1 Å². The lowest BCUT2D eigenvalue weighted by atomic mass is 9.84. The Morgan fingerprint density at radius 2 is 1.59 bits per heavy atom. The average molecular weight is 398 g/mol. The van der Waals surface area contributed by atoms with Gasteiger partial charge < -0.3 is 14.3 Å². The Kier molecular flexibility index (Phi) is 5.21. The van der Waals surface area contributed by atoms with Crippen LogP contribution >= 0.6 is 0 Å². The Bertz CT molecular complexity index is 851. The Labute approximate surface area is 171 Å². The molecule has 0 spiro atoms. The zero-order valence-electron chi connectivity index (χ0n) is 17.1. The second-order valence-electron chi connectivity index (χ2n) is 9.24. The van der Waals surface area contributed by atoms with Gasteiger partial charge in [-0.3, -0.25) is 0 Å². The summed E-state index contributed by atoms with van der Waals surface area (Å²) >= 11 is 0. The van der Waals surface area contributed by atoms with E-state index in [1.807, 2.05) is 6.07 Å². The van der Waals surface area contributed by atoms with Gasteiger partial charge in [-0.15, -0.1) is 0 Å². The maximum absolute atomic E-state index is 13.4. The molecule has 1 saturated heterocycles. The number of benzene rings is 2. The van der Waals surface area contributed by atoms with Crippen LogP contribution in [0.5, 0.6) is 0 Å². The van der Waals surface area contributed by atoms with E-state index in [0.29, 0.717) is 35.5 Å². The third-order valence-electron chi connectivity index (χ3n) is 6.73. The van der Waals surface area contributed by atoms with Gasteiger partial charge in [-0.25, -0.2) is 9.18 Å². The van der Waals surface area contributed by atoms with E-state index in [1.165, 1.54) is 37.1 Å². The zero-order valence-corrected chi connectivity index (χ0v) is 17.1. The summed E-state index contributed by atoms with van der Waals surface area (Å²) in [6.07, 6.45) is 2.35. The van der Waals surface area contributed by atoms with Crippen LogP contribution in [-0.2, 0) is 15.1 Å². The summed E-state index contributed by atoms with van der Waals surface area (Å²) in [6, 6.07) is 14.1. The van der Waals surface area contributed by atoms with Crippen molar-refractivity contribution in [3.05, 3.63) is 71.5 Å². The van der Waals surface area contributed by atoms with Crippen LogP contribution < -0.4 is 0 Å². The predicted octanol–water partition coefficient (Wildman–Crippen LogP) is 3.34. The number of hydrogen-bond acceptors (Lipinski definition) is 3. The average Bonchev–Trinajstić information content (AvgIpc) is 2.97. The molecule has 2 aliphatic rings. The van der Waals surface area contributed by atoms with Crippen molar-refractivity contribution in [3.8, 4) is 0 Å². The van der Waals surface area contributed by atoms with Gasteiger partial charge in [0.1, 0.15) is 5.82 Å². The van der Waals surface area contributed by atoms with Crippen molar-refractivity contribution in [2.24, 2.45) is 17.8 Å². The number of carbonyl (C=O) groups excluding carboxylic acids is 1. The molecule has 5 heteroatoms. The summed E-state index contributed by atoms with van der Waals surface area (Å²) < 4.78 is 20.2. The fraction of sp³-hybridized carbons (Fsp3) is 0.458. The first kappa shape index (κ1) is 20.0. The van der Waals surface area contributed by atoms with E-state index in [9.17, 15) is 14.3 Å². The van der Waals surface area contributed by atoms with Gasteiger partial charge in [0.15, 0.2) is 0 Å². The third-order valence-corrected chi connectivity index (χ3v) is 6.73. The van der Waals surface area contributed by atoms with Crippen LogP contribution in [0.4, 0.5) is 4.39 Å². The molecule has 2 bridgehead atoms. The second kappa shape index (κ2) is 7.54. The maximum Gasteiger partial charge on any atom is 0.347 e. The molecule has 4 nitrogen and oxygen atoms in total. The molecule has 2 fully saturated rings. The first-order chi connectivity index (χ1) is 13.8. The number of esters is 1. The highest BCUT2D eigenvalue weighted by molar-refractivity contribution is 5.85. The molecule has 154 valence electrons. The molecule has 1 aliphatic carbocycles. The predicted molar refractivity (Wildman–Crippen MR) is 108 cm³/mol. The number of carbonyl (C=O) groups is 1. The number of hydrogen-bond donors (Lipinski definition) is 1. The van der Waals surface area contributed by atoms with Gasteiger partial charge in [0.25, 0.3) is 0 Å². The highest BCUT2D eigenvalue weighted by Crippen LogP contribution is 2.44. The lowest BCUT2D eigenvalue weighted by Gasteiger charge is -2.42. The maximum atomic E-state index is 13.4. The van der Waals surface area contributed by atoms with E-state index in [-0.39, 0.29) is 0 Å². The number of ether oxygens (including phenoxy) is 1. The van der Waals surface area contributed by atoms with Crippen LogP contribution in [0.15, 0.2) is 54.6 Å². The van der Waals surface area contributed by atoms with Crippen molar-refractivity contribution in [1.82, 2.24) is 0 Å². The third kappa shape index (κ3) is 3.81. The van der Waals surface area contributed by atoms with Crippen molar-refractivity contribution in [3.63, 3.8) is 0 Å². The van der Waals surface area contributed by atoms with Gasteiger partial charge in [-0.1, -0.05) is 42.5 Å². The molecule has 4 rings (SSSR count). The van der Waals surface area contributed by atoms with Gasteiger partial charge in [-0.05, 0) is 36.1 Å². The van der Waals surface area contributed by atoms with E-state index in [4.69, 9.17) is 4.74 Å². The van der Waals surface area contributed by atoms with Crippen molar-refractivity contribution >= 4 is 5.97 Å². The molecule has 0 radical (unpaired) electrons. The number of aliphatic hydroxyl groups is 1.